The largest absolute Gasteiger partial charge is 0.143 e. The van der Waals surface area contributed by atoms with Gasteiger partial charge in [-0.15, -0.1) is 12.6 Å². The minimum absolute atomic E-state index is 0.630. The zero-order valence-corrected chi connectivity index (χ0v) is 14.0. The molecule has 2 aromatic carbocycles. The summed E-state index contributed by atoms with van der Waals surface area (Å²) in [5.74, 6) is 0. The third-order valence-electron chi connectivity index (χ3n) is 2.18. The van der Waals surface area contributed by atoms with Crippen molar-refractivity contribution >= 4 is 51.8 Å². The van der Waals surface area contributed by atoms with Crippen LogP contribution in [0.3, 0.4) is 0 Å². The summed E-state index contributed by atoms with van der Waals surface area (Å²) < 4.78 is 0.992. The molecule has 0 unspecified atom stereocenters. The number of thiol groups is 1. The Bertz CT molecular complexity index is 492. The third kappa shape index (κ3) is 3.92. The predicted octanol–water partition coefficient (Wildman–Crippen LogP) is 6.74. The topological polar surface area (TPSA) is 0 Å². The quantitative estimate of drug-likeness (QED) is 0.533. The molecule has 0 aromatic heterocycles. The standard InChI is InChI=1S/C12H7BrCl2S.C2H6/c13-7-1-3-10(12(16)5-7)9-4-2-8(14)6-11(9)15;1-2/h1-6,16H;1-2H3. The van der Waals surface area contributed by atoms with Gasteiger partial charge in [0.2, 0.25) is 0 Å². The second-order valence-corrected chi connectivity index (χ2v) is 5.53. The maximum Gasteiger partial charge on any atom is 0.0499 e. The van der Waals surface area contributed by atoms with Crippen molar-refractivity contribution in [3.63, 3.8) is 0 Å². The van der Waals surface area contributed by atoms with Crippen molar-refractivity contribution in [2.75, 3.05) is 0 Å². The van der Waals surface area contributed by atoms with Crippen LogP contribution < -0.4 is 0 Å². The summed E-state index contributed by atoms with van der Waals surface area (Å²) in [6.07, 6.45) is 0. The lowest BCUT2D eigenvalue weighted by atomic mass is 10.1. The highest BCUT2D eigenvalue weighted by atomic mass is 79.9. The summed E-state index contributed by atoms with van der Waals surface area (Å²) in [6, 6.07) is 11.3. The second kappa shape index (κ2) is 7.44. The first-order chi connectivity index (χ1) is 8.58. The number of hydrogen-bond donors (Lipinski definition) is 1. The first-order valence-electron chi connectivity index (χ1n) is 5.52. The average Bonchev–Trinajstić information content (AvgIpc) is 2.33. The fourth-order valence-corrected chi connectivity index (χ4v) is 2.82. The summed E-state index contributed by atoms with van der Waals surface area (Å²) in [5.41, 5.74) is 1.93. The van der Waals surface area contributed by atoms with Crippen molar-refractivity contribution in [3.05, 3.63) is 50.9 Å². The van der Waals surface area contributed by atoms with E-state index >= 15 is 0 Å². The number of benzene rings is 2. The molecule has 0 heterocycles. The van der Waals surface area contributed by atoms with Gasteiger partial charge in [-0.3, -0.25) is 0 Å². The molecule has 0 nitrogen and oxygen atoms in total. The average molecular weight is 364 g/mol. The molecule has 96 valence electrons. The van der Waals surface area contributed by atoms with Crippen molar-refractivity contribution in [1.29, 1.82) is 0 Å². The highest BCUT2D eigenvalue weighted by Gasteiger charge is 2.07. The third-order valence-corrected chi connectivity index (χ3v) is 3.59. The van der Waals surface area contributed by atoms with Crippen molar-refractivity contribution in [3.8, 4) is 11.1 Å². The van der Waals surface area contributed by atoms with Crippen LogP contribution in [-0.2, 0) is 0 Å². The summed E-state index contributed by atoms with van der Waals surface area (Å²) in [7, 11) is 0. The molecule has 0 bridgehead atoms. The van der Waals surface area contributed by atoms with Gasteiger partial charge < -0.3 is 0 Å². The van der Waals surface area contributed by atoms with Crippen LogP contribution >= 0.6 is 51.8 Å². The monoisotopic (exact) mass is 362 g/mol. The van der Waals surface area contributed by atoms with E-state index in [0.717, 1.165) is 20.5 Å². The molecule has 0 aliphatic rings. The highest BCUT2D eigenvalue weighted by molar-refractivity contribution is 9.10. The summed E-state index contributed by atoms with van der Waals surface area (Å²) >= 11 is 19.8. The molecule has 0 fully saturated rings. The van der Waals surface area contributed by atoms with Gasteiger partial charge in [-0.2, -0.15) is 0 Å². The molecule has 0 aliphatic carbocycles. The predicted molar refractivity (Wildman–Crippen MR) is 88.2 cm³/mol. The maximum atomic E-state index is 6.15. The molecule has 0 saturated carbocycles. The van der Waals surface area contributed by atoms with Crippen LogP contribution in [-0.4, -0.2) is 0 Å². The molecule has 0 radical (unpaired) electrons. The molecule has 0 spiro atoms. The van der Waals surface area contributed by atoms with Gasteiger partial charge in [0, 0.05) is 25.0 Å². The number of halogens is 3. The Morgan fingerprint density at radius 3 is 2.11 bits per heavy atom. The summed E-state index contributed by atoms with van der Waals surface area (Å²) in [6.45, 7) is 4.00. The first-order valence-corrected chi connectivity index (χ1v) is 7.51. The lowest BCUT2D eigenvalue weighted by Gasteiger charge is -2.08. The Hall–Kier alpha value is -0.150. The van der Waals surface area contributed by atoms with Gasteiger partial charge in [0.25, 0.3) is 0 Å². The Morgan fingerprint density at radius 2 is 1.56 bits per heavy atom. The molecule has 18 heavy (non-hydrogen) atoms. The van der Waals surface area contributed by atoms with Gasteiger partial charge in [-0.25, -0.2) is 0 Å². The molecule has 4 heteroatoms. The smallest absolute Gasteiger partial charge is 0.0499 e. The van der Waals surface area contributed by atoms with E-state index in [0.29, 0.717) is 10.0 Å². The summed E-state index contributed by atoms with van der Waals surface area (Å²) in [4.78, 5) is 0.874. The lowest BCUT2D eigenvalue weighted by molar-refractivity contribution is 1.43. The Morgan fingerprint density at radius 1 is 0.944 bits per heavy atom. The Balaban J connectivity index is 0.000000771. The molecule has 0 N–H and O–H groups in total. The Kier molecular flexibility index (Phi) is 6.58. The summed E-state index contributed by atoms with van der Waals surface area (Å²) in [5, 5.41) is 1.26. The van der Waals surface area contributed by atoms with Crippen LogP contribution in [0, 0.1) is 0 Å². The zero-order chi connectivity index (χ0) is 13.7. The lowest BCUT2D eigenvalue weighted by Crippen LogP contribution is -1.82. The molecule has 0 atom stereocenters. The highest BCUT2D eigenvalue weighted by Crippen LogP contribution is 2.35. The van der Waals surface area contributed by atoms with E-state index in [1.807, 2.05) is 44.2 Å². The molecular formula is C14H13BrCl2S. The second-order valence-electron chi connectivity index (χ2n) is 3.29. The van der Waals surface area contributed by atoms with Crippen LogP contribution in [0.4, 0.5) is 0 Å². The van der Waals surface area contributed by atoms with E-state index in [4.69, 9.17) is 23.2 Å². The van der Waals surface area contributed by atoms with Gasteiger partial charge in [0.15, 0.2) is 0 Å². The van der Waals surface area contributed by atoms with E-state index < -0.39 is 0 Å². The van der Waals surface area contributed by atoms with Crippen molar-refractivity contribution in [2.24, 2.45) is 0 Å². The van der Waals surface area contributed by atoms with Crippen LogP contribution in [0.1, 0.15) is 13.8 Å². The van der Waals surface area contributed by atoms with Crippen LogP contribution in [0.25, 0.3) is 11.1 Å². The number of hydrogen-bond acceptors (Lipinski definition) is 1. The minimum Gasteiger partial charge on any atom is -0.143 e. The van der Waals surface area contributed by atoms with Crippen LogP contribution in [0.15, 0.2) is 45.8 Å². The van der Waals surface area contributed by atoms with Gasteiger partial charge in [0.05, 0.1) is 0 Å². The van der Waals surface area contributed by atoms with Crippen molar-refractivity contribution in [1.82, 2.24) is 0 Å². The van der Waals surface area contributed by atoms with Crippen LogP contribution in [0.2, 0.25) is 10.0 Å². The van der Waals surface area contributed by atoms with E-state index in [2.05, 4.69) is 28.6 Å². The molecule has 0 aliphatic heterocycles. The van der Waals surface area contributed by atoms with E-state index in [1.165, 1.54) is 0 Å². The molecule has 2 aromatic rings. The van der Waals surface area contributed by atoms with E-state index in [9.17, 15) is 0 Å². The van der Waals surface area contributed by atoms with Gasteiger partial charge in [-0.05, 0) is 29.8 Å². The molecular weight excluding hydrogens is 351 g/mol. The normalized spacial score (nSPS) is 9.67. The fraction of sp³-hybridized carbons (Fsp3) is 0.143. The SMILES string of the molecule is CC.Sc1cc(Br)ccc1-c1ccc(Cl)cc1Cl. The van der Waals surface area contributed by atoms with Crippen molar-refractivity contribution in [2.45, 2.75) is 18.7 Å². The van der Waals surface area contributed by atoms with E-state index in [-0.39, 0.29) is 0 Å². The fourth-order valence-electron chi connectivity index (χ4n) is 1.44. The van der Waals surface area contributed by atoms with Gasteiger partial charge >= 0.3 is 0 Å². The molecule has 2 rings (SSSR count). The molecule has 0 amide bonds. The first kappa shape index (κ1) is 15.9. The zero-order valence-electron chi connectivity index (χ0n) is 10.0. The van der Waals surface area contributed by atoms with Crippen LogP contribution in [0.5, 0.6) is 0 Å². The molecule has 0 saturated heterocycles. The minimum atomic E-state index is 0.630. The Labute approximate surface area is 132 Å². The van der Waals surface area contributed by atoms with Gasteiger partial charge in [0.1, 0.15) is 0 Å². The van der Waals surface area contributed by atoms with E-state index in [1.54, 1.807) is 6.07 Å². The van der Waals surface area contributed by atoms with Gasteiger partial charge in [-0.1, -0.05) is 65.1 Å². The maximum absolute atomic E-state index is 6.15. The van der Waals surface area contributed by atoms with Crippen molar-refractivity contribution < 1.29 is 0 Å². The number of rotatable bonds is 1.